The minimum atomic E-state index is -0.650. The zero-order valence-corrected chi connectivity index (χ0v) is 17.9. The minimum absolute atomic E-state index is 0.0830. The first kappa shape index (κ1) is 16.8. The predicted octanol–water partition coefficient (Wildman–Crippen LogP) is 2.19. The molecule has 1 aliphatic heterocycles. The van der Waals surface area contributed by atoms with Crippen LogP contribution in [-0.4, -0.2) is 32.5 Å². The van der Waals surface area contributed by atoms with E-state index in [1.54, 1.807) is 23.3 Å². The molecule has 1 N–H and O–H groups in total. The van der Waals surface area contributed by atoms with E-state index in [0.29, 0.717) is 25.2 Å². The number of aliphatic hydroxyl groups excluding tert-OH is 1. The Kier molecular flexibility index (Phi) is 3.31. The number of carbonyl (C=O) groups is 2. The Morgan fingerprint density at radius 2 is 1.96 bits per heavy atom. The predicted molar refractivity (Wildman–Crippen MR) is 87.3 cm³/mol. The number of hydrogen-bond acceptors (Lipinski definition) is 4. The zero-order chi connectivity index (χ0) is 17.8. The van der Waals surface area contributed by atoms with E-state index >= 15 is 0 Å². The van der Waals surface area contributed by atoms with Gasteiger partial charge in [-0.3, -0.25) is 0 Å². The summed E-state index contributed by atoms with van der Waals surface area (Å²) in [6, 6.07) is 0. The first-order valence-corrected chi connectivity index (χ1v) is 11.1. The number of aliphatic hydroxyl groups is 1. The molecule has 0 amide bonds. The summed E-state index contributed by atoms with van der Waals surface area (Å²) in [5.41, 5.74) is -0.833. The van der Waals surface area contributed by atoms with Gasteiger partial charge in [-0.15, -0.1) is 0 Å². The van der Waals surface area contributed by atoms with E-state index in [9.17, 15) is 14.7 Å². The molecule has 5 aliphatic rings. The van der Waals surface area contributed by atoms with Crippen LogP contribution in [0, 0.1) is 34.5 Å². The number of fused-ring (bicyclic) bond motifs is 6. The van der Waals surface area contributed by atoms with Crippen LogP contribution in [0.5, 0.6) is 0 Å². The van der Waals surface area contributed by atoms with Crippen LogP contribution in [0.25, 0.3) is 0 Å². The van der Waals surface area contributed by atoms with E-state index in [-0.39, 0.29) is 40.3 Å². The van der Waals surface area contributed by atoms with Crippen LogP contribution in [0.4, 0.5) is 0 Å². The average molecular weight is 514 g/mol. The number of carbonyl (C=O) groups excluding carboxylic acids is 2. The van der Waals surface area contributed by atoms with Crippen LogP contribution in [-0.2, 0) is 33.7 Å². The van der Waals surface area contributed by atoms with Crippen LogP contribution in [0.2, 0.25) is 0 Å². The van der Waals surface area contributed by atoms with Gasteiger partial charge in [0.05, 0.1) is 0 Å². The first-order valence-electron chi connectivity index (χ1n) is 9.68. The Morgan fingerprint density at radius 3 is 2.72 bits per heavy atom. The van der Waals surface area contributed by atoms with Crippen LogP contribution < -0.4 is 0 Å². The van der Waals surface area contributed by atoms with Crippen molar-refractivity contribution in [2.75, 3.05) is 0 Å². The first-order chi connectivity index (χ1) is 11.7. The quantitative estimate of drug-likeness (QED) is 0.504. The third-order valence-corrected chi connectivity index (χ3v) is 11.3. The maximum absolute atomic E-state index is 12.9. The van der Waals surface area contributed by atoms with Gasteiger partial charge in [-0.25, -0.2) is 0 Å². The number of hydrogen-bond donors (Lipinski definition) is 1. The molecule has 5 rings (SSSR count). The third kappa shape index (κ3) is 1.84. The van der Waals surface area contributed by atoms with E-state index in [1.165, 1.54) is 0 Å². The van der Waals surface area contributed by atoms with Crippen LogP contribution >= 0.6 is 0 Å². The molecular weight excluding hydrogens is 488 g/mol. The van der Waals surface area contributed by atoms with E-state index in [4.69, 9.17) is 4.74 Å². The van der Waals surface area contributed by atoms with E-state index in [1.807, 2.05) is 0 Å². The molecule has 2 bridgehead atoms. The molecule has 4 saturated carbocycles. The average Bonchev–Trinajstić information content (AvgIpc) is 2.98. The molecule has 1 spiro atoms. The van der Waals surface area contributed by atoms with Crippen molar-refractivity contribution in [3.8, 4) is 0 Å². The second kappa shape index (κ2) is 4.93. The molecule has 0 aromatic carbocycles. The van der Waals surface area contributed by atoms with Crippen molar-refractivity contribution in [2.24, 2.45) is 34.5 Å². The van der Waals surface area contributed by atoms with Gasteiger partial charge in [-0.2, -0.15) is 0 Å². The maximum atomic E-state index is 12.9. The molecule has 1 heterocycles. The number of Topliss-reactive ketones (excluding diaryl/α,β-unsaturated/α-hetero) is 1. The van der Waals surface area contributed by atoms with Crippen molar-refractivity contribution < 1.29 is 38.8 Å². The zero-order valence-electron chi connectivity index (χ0n) is 14.9. The fourth-order valence-corrected chi connectivity index (χ4v) is 8.90. The summed E-state index contributed by atoms with van der Waals surface area (Å²) in [5.74, 6) is 0.785. The molecule has 0 radical (unpaired) electrons. The Hall–Kier alpha value is -0.342. The molecule has 0 aromatic heterocycles. The van der Waals surface area contributed by atoms with Gasteiger partial charge in [0.15, 0.2) is 0 Å². The van der Waals surface area contributed by atoms with E-state index < -0.39 is 11.7 Å². The summed E-state index contributed by atoms with van der Waals surface area (Å²) in [5, 5.41) is 11.3. The number of rotatable bonds is 0. The van der Waals surface area contributed by atoms with Gasteiger partial charge in [0.2, 0.25) is 0 Å². The van der Waals surface area contributed by atoms with Gasteiger partial charge in [0.25, 0.3) is 0 Å². The molecular formula is C20H26O4W. The van der Waals surface area contributed by atoms with Crippen molar-refractivity contribution in [1.82, 2.24) is 0 Å². The second-order valence-electron chi connectivity index (χ2n) is 9.72. The molecule has 25 heavy (non-hydrogen) atoms. The Labute approximate surface area is 159 Å². The number of esters is 1. The van der Waals surface area contributed by atoms with Gasteiger partial charge in [-0.05, 0) is 0 Å². The summed E-state index contributed by atoms with van der Waals surface area (Å²) >= 11 is 1.54. The normalized spacial score (nSPS) is 56.9. The summed E-state index contributed by atoms with van der Waals surface area (Å²) < 4.78 is 7.60. The van der Waals surface area contributed by atoms with Crippen molar-refractivity contribution in [3.05, 3.63) is 0 Å². The molecule has 136 valence electrons. The van der Waals surface area contributed by atoms with Crippen molar-refractivity contribution >= 4 is 15.7 Å². The number of ether oxygens (including phenoxy) is 1. The molecule has 4 aliphatic carbocycles. The molecule has 5 heteroatoms. The molecule has 6 unspecified atom stereocenters. The van der Waals surface area contributed by atoms with Crippen molar-refractivity contribution in [1.29, 1.82) is 0 Å². The third-order valence-electron chi connectivity index (χ3n) is 8.86. The molecule has 1 saturated heterocycles. The Bertz CT molecular complexity index is 704. The van der Waals surface area contributed by atoms with E-state index in [2.05, 4.69) is 13.8 Å². The monoisotopic (exact) mass is 514 g/mol. The van der Waals surface area contributed by atoms with Crippen molar-refractivity contribution in [2.45, 2.75) is 70.5 Å². The van der Waals surface area contributed by atoms with Gasteiger partial charge < -0.3 is 0 Å². The van der Waals surface area contributed by atoms with Crippen molar-refractivity contribution in [3.63, 3.8) is 0 Å². The van der Waals surface area contributed by atoms with Gasteiger partial charge in [0, 0.05) is 0 Å². The summed E-state index contributed by atoms with van der Waals surface area (Å²) in [6.07, 6.45) is 5.09. The second-order valence-corrected chi connectivity index (χ2v) is 11.5. The van der Waals surface area contributed by atoms with Crippen LogP contribution in [0.15, 0.2) is 0 Å². The molecule has 8 atom stereocenters. The molecule has 0 aromatic rings. The molecule has 5 fully saturated rings. The molecule has 4 nitrogen and oxygen atoms in total. The fourth-order valence-electron chi connectivity index (χ4n) is 7.63. The Balaban J connectivity index is 1.66. The van der Waals surface area contributed by atoms with Crippen LogP contribution in [0.1, 0.15) is 58.8 Å². The van der Waals surface area contributed by atoms with E-state index in [0.717, 1.165) is 25.7 Å². The van der Waals surface area contributed by atoms with Gasteiger partial charge in [0.1, 0.15) is 0 Å². The van der Waals surface area contributed by atoms with Gasteiger partial charge in [-0.1, -0.05) is 0 Å². The Morgan fingerprint density at radius 1 is 1.20 bits per heavy atom. The summed E-state index contributed by atoms with van der Waals surface area (Å²) in [4.78, 5) is 25.1. The topological polar surface area (TPSA) is 63.6 Å². The standard InChI is InChI=1S/C20H26O4.W/c1-18-6-3-4-13(18)15-12-9-20(24-17(12)23)8-11(21)5-7-19(20,2)16(15)14(22)10-18;/h12-16,22H,3-5,7-10H2,1-2H3;/t12-,13?,14?,15?,16?,18?,19?,20+;/m1./s1. The number of ketones is 1. The summed E-state index contributed by atoms with van der Waals surface area (Å²) in [7, 11) is 0. The SMILES string of the molecule is CC12CC(O)C3C(C1CC[C]2=[W])[C@H]1C[C@]2(CC(=O)CCC32C)OC1=O. The fraction of sp³-hybridized carbons (Fsp3) is 0.850. The summed E-state index contributed by atoms with van der Waals surface area (Å²) in [6.45, 7) is 4.52. The van der Waals surface area contributed by atoms with Gasteiger partial charge >= 0.3 is 159 Å². The van der Waals surface area contributed by atoms with Crippen LogP contribution in [0.3, 0.4) is 0 Å².